The van der Waals surface area contributed by atoms with Crippen LogP contribution < -0.4 is 20.1 Å². The van der Waals surface area contributed by atoms with E-state index in [0.29, 0.717) is 46.6 Å². The number of benzene rings is 2. The lowest BCUT2D eigenvalue weighted by Crippen LogP contribution is -2.42. The van der Waals surface area contributed by atoms with Gasteiger partial charge in [0.05, 0.1) is 11.1 Å². The number of aryl methyl sites for hydroxylation is 2. The number of dihydropyridines is 1. The van der Waals surface area contributed by atoms with Gasteiger partial charge in [-0.1, -0.05) is 39.8 Å². The van der Waals surface area contributed by atoms with Crippen molar-refractivity contribution in [1.29, 1.82) is 0 Å². The number of nitrogens with one attached hydrogen (secondary N) is 2. The second-order valence-electron chi connectivity index (χ2n) is 13.6. The summed E-state index contributed by atoms with van der Waals surface area (Å²) in [7, 11) is 0. The van der Waals surface area contributed by atoms with Crippen molar-refractivity contribution < 1.29 is 23.9 Å². The molecule has 228 valence electrons. The number of allylic oxidation sites excluding steroid dienone is 4. The van der Waals surface area contributed by atoms with Gasteiger partial charge in [0.25, 0.3) is 5.91 Å². The molecule has 0 saturated heterocycles. The molecule has 0 fully saturated rings. The first-order chi connectivity index (χ1) is 20.2. The van der Waals surface area contributed by atoms with Gasteiger partial charge in [0.1, 0.15) is 0 Å². The summed E-state index contributed by atoms with van der Waals surface area (Å²) in [5.74, 6) is 0.167. The number of carbonyl (C=O) groups is 3. The van der Waals surface area contributed by atoms with Gasteiger partial charge in [-0.3, -0.25) is 14.4 Å². The number of hydrogen-bond acceptors (Lipinski definition) is 6. The number of halogens is 1. The Morgan fingerprint density at radius 3 is 2.12 bits per heavy atom. The molecule has 2 aromatic carbocycles. The molecule has 2 N–H and O–H groups in total. The molecule has 0 spiro atoms. The first-order valence-electron chi connectivity index (χ1n) is 14.9. The Morgan fingerprint density at radius 2 is 1.53 bits per heavy atom. The first-order valence-corrected chi connectivity index (χ1v) is 15.7. The standard InChI is InChI=1S/C35H41BrN2O5/c1-8-42-28-13-21(12-22(36)33(28)43-18-29(41)38-23-11-19(2)9-10-20(23)3)30-31-24(14-34(4,5)16-26(31)39)37-25-15-35(6,7)17-27(40)32(25)30/h9-13,30,37H,8,14-18H2,1-7H3,(H,38,41). The van der Waals surface area contributed by atoms with Crippen molar-refractivity contribution >= 4 is 39.1 Å². The lowest BCUT2D eigenvalue weighted by Gasteiger charge is -2.44. The molecule has 1 heterocycles. The summed E-state index contributed by atoms with van der Waals surface area (Å²) in [6.45, 7) is 14.4. The largest absolute Gasteiger partial charge is 0.490 e. The molecule has 8 heteroatoms. The second-order valence-corrected chi connectivity index (χ2v) is 14.5. The van der Waals surface area contributed by atoms with Gasteiger partial charge in [-0.2, -0.15) is 0 Å². The van der Waals surface area contributed by atoms with E-state index < -0.39 is 5.92 Å². The van der Waals surface area contributed by atoms with Crippen LogP contribution in [0.4, 0.5) is 5.69 Å². The number of hydrogen-bond donors (Lipinski definition) is 2. The molecule has 0 aromatic heterocycles. The highest BCUT2D eigenvalue weighted by molar-refractivity contribution is 9.10. The molecule has 7 nitrogen and oxygen atoms in total. The molecule has 5 rings (SSSR count). The van der Waals surface area contributed by atoms with E-state index in [0.717, 1.165) is 46.6 Å². The van der Waals surface area contributed by atoms with Crippen LogP contribution in [0.3, 0.4) is 0 Å². The molecular formula is C35H41BrN2O5. The minimum absolute atomic E-state index is 0.0606. The summed E-state index contributed by atoms with van der Waals surface area (Å²) >= 11 is 3.66. The van der Waals surface area contributed by atoms with Crippen LogP contribution in [0.1, 0.15) is 82.9 Å². The van der Waals surface area contributed by atoms with Crippen LogP contribution in [0, 0.1) is 24.7 Å². The Balaban J connectivity index is 1.52. The van der Waals surface area contributed by atoms with E-state index in [1.165, 1.54) is 0 Å². The third-order valence-electron chi connectivity index (χ3n) is 8.40. The zero-order chi connectivity index (χ0) is 31.3. The summed E-state index contributed by atoms with van der Waals surface area (Å²) < 4.78 is 12.6. The number of amides is 1. The molecule has 0 bridgehead atoms. The van der Waals surface area contributed by atoms with E-state index in [-0.39, 0.29) is 34.9 Å². The van der Waals surface area contributed by atoms with Crippen molar-refractivity contribution in [3.05, 3.63) is 74.0 Å². The van der Waals surface area contributed by atoms with Gasteiger partial charge in [0.2, 0.25) is 0 Å². The number of carbonyl (C=O) groups excluding carboxylic acids is 3. The monoisotopic (exact) mass is 648 g/mol. The van der Waals surface area contributed by atoms with Crippen molar-refractivity contribution in [1.82, 2.24) is 5.32 Å². The van der Waals surface area contributed by atoms with E-state index in [9.17, 15) is 14.4 Å². The van der Waals surface area contributed by atoms with Gasteiger partial charge in [-0.15, -0.1) is 0 Å². The topological polar surface area (TPSA) is 93.7 Å². The van der Waals surface area contributed by atoms with Gasteiger partial charge < -0.3 is 20.1 Å². The molecule has 0 radical (unpaired) electrons. The number of Topliss-reactive ketones (excluding diaryl/α,β-unsaturated/α-hetero) is 2. The normalized spacial score (nSPS) is 19.4. The fourth-order valence-electron chi connectivity index (χ4n) is 6.57. The lowest BCUT2D eigenvalue weighted by molar-refractivity contribution is -0.119. The van der Waals surface area contributed by atoms with Crippen LogP contribution in [0.2, 0.25) is 0 Å². The highest BCUT2D eigenvalue weighted by atomic mass is 79.9. The SMILES string of the molecule is CCOc1cc(C2C3=C(CC(C)(C)CC3=O)NC3=C2C(=O)CC(C)(C)C3)cc(Br)c1OCC(=O)Nc1cc(C)ccc1C. The number of rotatable bonds is 7. The maximum Gasteiger partial charge on any atom is 0.262 e. The summed E-state index contributed by atoms with van der Waals surface area (Å²) in [5.41, 5.74) is 6.35. The second kappa shape index (κ2) is 11.6. The fraction of sp³-hybridized carbons (Fsp3) is 0.457. The van der Waals surface area contributed by atoms with E-state index in [4.69, 9.17) is 9.47 Å². The van der Waals surface area contributed by atoms with Crippen molar-refractivity contribution in [2.24, 2.45) is 10.8 Å². The predicted octanol–water partition coefficient (Wildman–Crippen LogP) is 7.46. The molecule has 3 aliphatic rings. The minimum atomic E-state index is -0.504. The van der Waals surface area contributed by atoms with Gasteiger partial charge in [-0.05, 0) is 95.3 Å². The molecule has 0 saturated carbocycles. The summed E-state index contributed by atoms with van der Waals surface area (Å²) in [4.78, 5) is 40.3. The average molecular weight is 650 g/mol. The van der Waals surface area contributed by atoms with Crippen LogP contribution >= 0.6 is 15.9 Å². The van der Waals surface area contributed by atoms with Crippen LogP contribution in [0.25, 0.3) is 0 Å². The average Bonchev–Trinajstić information content (AvgIpc) is 2.87. The van der Waals surface area contributed by atoms with Crippen molar-refractivity contribution in [3.8, 4) is 11.5 Å². The molecule has 43 heavy (non-hydrogen) atoms. The summed E-state index contributed by atoms with van der Waals surface area (Å²) in [6, 6.07) is 9.64. The van der Waals surface area contributed by atoms with Gasteiger partial charge >= 0.3 is 0 Å². The Kier molecular flexibility index (Phi) is 8.38. The zero-order valence-corrected chi connectivity index (χ0v) is 27.7. The van der Waals surface area contributed by atoms with Crippen molar-refractivity contribution in [2.45, 2.75) is 80.1 Å². The molecule has 0 atom stereocenters. The van der Waals surface area contributed by atoms with E-state index in [2.05, 4.69) is 54.3 Å². The van der Waals surface area contributed by atoms with Crippen LogP contribution in [0.5, 0.6) is 11.5 Å². The van der Waals surface area contributed by atoms with Crippen molar-refractivity contribution in [2.75, 3.05) is 18.5 Å². The highest BCUT2D eigenvalue weighted by Gasteiger charge is 2.46. The Labute approximate surface area is 262 Å². The smallest absolute Gasteiger partial charge is 0.262 e. The Morgan fingerprint density at radius 1 is 0.930 bits per heavy atom. The van der Waals surface area contributed by atoms with Gasteiger partial charge in [-0.25, -0.2) is 0 Å². The Bertz CT molecular complexity index is 1530. The highest BCUT2D eigenvalue weighted by Crippen LogP contribution is 2.52. The number of ketones is 2. The molecule has 0 unspecified atom stereocenters. The predicted molar refractivity (Wildman–Crippen MR) is 171 cm³/mol. The minimum Gasteiger partial charge on any atom is -0.490 e. The number of anilines is 1. The molecular weight excluding hydrogens is 608 g/mol. The molecule has 1 amide bonds. The first kappa shape index (κ1) is 31.0. The van der Waals surface area contributed by atoms with Crippen LogP contribution in [-0.4, -0.2) is 30.7 Å². The quantitative estimate of drug-likeness (QED) is 0.324. The Hall–Kier alpha value is -3.39. The maximum atomic E-state index is 13.7. The third kappa shape index (κ3) is 6.44. The third-order valence-corrected chi connectivity index (χ3v) is 8.99. The van der Waals surface area contributed by atoms with E-state index in [1.807, 2.05) is 51.1 Å². The zero-order valence-electron chi connectivity index (χ0n) is 26.1. The molecule has 2 aliphatic carbocycles. The molecule has 2 aromatic rings. The van der Waals surface area contributed by atoms with E-state index >= 15 is 0 Å². The maximum absolute atomic E-state index is 13.7. The van der Waals surface area contributed by atoms with Crippen LogP contribution in [-0.2, 0) is 14.4 Å². The summed E-state index contributed by atoms with van der Waals surface area (Å²) in [6.07, 6.45) is 2.30. The summed E-state index contributed by atoms with van der Waals surface area (Å²) in [5, 5.41) is 6.49. The molecule has 1 aliphatic heterocycles. The fourth-order valence-corrected chi connectivity index (χ4v) is 7.15. The number of ether oxygens (including phenoxy) is 2. The van der Waals surface area contributed by atoms with Gasteiger partial charge in [0.15, 0.2) is 29.7 Å². The van der Waals surface area contributed by atoms with Crippen molar-refractivity contribution in [3.63, 3.8) is 0 Å². The van der Waals surface area contributed by atoms with Gasteiger partial charge in [0, 0.05) is 47.0 Å². The lowest BCUT2D eigenvalue weighted by atomic mass is 9.64. The van der Waals surface area contributed by atoms with E-state index in [1.54, 1.807) is 0 Å². The van der Waals surface area contributed by atoms with Crippen LogP contribution in [0.15, 0.2) is 57.3 Å².